The van der Waals surface area contributed by atoms with Crippen molar-refractivity contribution in [3.05, 3.63) is 58.1 Å². The number of nitrogens with one attached hydrogen (secondary N) is 3. The SMILES string of the molecule is CCc1ccc(OCC(=O)NC(=S)NNC(=O)COc2cccc(C)c2)c(Br)c1. The summed E-state index contributed by atoms with van der Waals surface area (Å²) in [6, 6.07) is 13.0. The van der Waals surface area contributed by atoms with Crippen LogP contribution in [0.1, 0.15) is 18.1 Å². The molecule has 154 valence electrons. The fraction of sp³-hybridized carbons (Fsp3) is 0.250. The molecule has 29 heavy (non-hydrogen) atoms. The van der Waals surface area contributed by atoms with Crippen LogP contribution < -0.4 is 25.6 Å². The summed E-state index contributed by atoms with van der Waals surface area (Å²) in [5.41, 5.74) is 6.97. The fourth-order valence-corrected chi connectivity index (χ4v) is 2.94. The van der Waals surface area contributed by atoms with Crippen LogP contribution in [0.3, 0.4) is 0 Å². The second-order valence-corrected chi connectivity index (χ2v) is 7.33. The standard InChI is InChI=1S/C20H22BrN3O4S/c1-3-14-7-8-17(16(21)10-14)28-11-18(25)22-20(29)24-23-19(26)12-27-15-6-4-5-13(2)9-15/h4-10H,3,11-12H2,1-2H3,(H,23,26)(H2,22,24,25,29). The van der Waals surface area contributed by atoms with E-state index in [1.165, 1.54) is 0 Å². The summed E-state index contributed by atoms with van der Waals surface area (Å²) in [5, 5.41) is 2.36. The summed E-state index contributed by atoms with van der Waals surface area (Å²) in [5.74, 6) is 0.239. The number of ether oxygens (including phenoxy) is 2. The van der Waals surface area contributed by atoms with Gasteiger partial charge in [0.2, 0.25) is 0 Å². The maximum Gasteiger partial charge on any atom is 0.276 e. The molecule has 7 nitrogen and oxygen atoms in total. The number of hydrogen-bond acceptors (Lipinski definition) is 5. The molecule has 0 unspecified atom stereocenters. The number of carbonyl (C=O) groups is 2. The highest BCUT2D eigenvalue weighted by molar-refractivity contribution is 9.10. The van der Waals surface area contributed by atoms with Gasteiger partial charge in [0.15, 0.2) is 18.3 Å². The largest absolute Gasteiger partial charge is 0.484 e. The van der Waals surface area contributed by atoms with Crippen LogP contribution in [-0.4, -0.2) is 30.1 Å². The number of rotatable bonds is 7. The van der Waals surface area contributed by atoms with Gasteiger partial charge < -0.3 is 9.47 Å². The first-order valence-electron chi connectivity index (χ1n) is 8.86. The van der Waals surface area contributed by atoms with Crippen molar-refractivity contribution in [2.75, 3.05) is 13.2 Å². The number of hydrogen-bond donors (Lipinski definition) is 3. The quantitative estimate of drug-likeness (QED) is 0.417. The minimum atomic E-state index is -0.459. The molecule has 0 fully saturated rings. The molecular formula is C20H22BrN3O4S. The van der Waals surface area contributed by atoms with Crippen molar-refractivity contribution >= 4 is 45.1 Å². The Labute approximate surface area is 183 Å². The van der Waals surface area contributed by atoms with Gasteiger partial charge in [-0.25, -0.2) is 0 Å². The zero-order valence-corrected chi connectivity index (χ0v) is 18.5. The van der Waals surface area contributed by atoms with Crippen molar-refractivity contribution in [3.8, 4) is 11.5 Å². The molecule has 0 radical (unpaired) electrons. The number of thiocarbonyl (C=S) groups is 1. The van der Waals surface area contributed by atoms with Gasteiger partial charge in [-0.3, -0.25) is 25.8 Å². The summed E-state index contributed by atoms with van der Waals surface area (Å²) >= 11 is 8.38. The van der Waals surface area contributed by atoms with Crippen LogP contribution in [0.2, 0.25) is 0 Å². The maximum atomic E-state index is 11.9. The Morgan fingerprint density at radius 3 is 2.48 bits per heavy atom. The van der Waals surface area contributed by atoms with Crippen LogP contribution in [0.15, 0.2) is 46.9 Å². The van der Waals surface area contributed by atoms with E-state index in [1.807, 2.05) is 37.3 Å². The predicted octanol–water partition coefficient (Wildman–Crippen LogP) is 2.80. The molecule has 0 atom stereocenters. The van der Waals surface area contributed by atoms with E-state index in [4.69, 9.17) is 21.7 Å². The molecule has 0 aliphatic heterocycles. The molecule has 0 spiro atoms. The van der Waals surface area contributed by atoms with Crippen LogP contribution in [0.25, 0.3) is 0 Å². The Morgan fingerprint density at radius 1 is 1.03 bits per heavy atom. The van der Waals surface area contributed by atoms with Crippen LogP contribution in [0.5, 0.6) is 11.5 Å². The second-order valence-electron chi connectivity index (χ2n) is 6.06. The van der Waals surface area contributed by atoms with Crippen molar-refractivity contribution < 1.29 is 19.1 Å². The molecule has 0 saturated carbocycles. The van der Waals surface area contributed by atoms with Gasteiger partial charge in [0, 0.05) is 0 Å². The van der Waals surface area contributed by atoms with Crippen LogP contribution in [0, 0.1) is 6.92 Å². The molecule has 0 heterocycles. The first kappa shape index (κ1) is 22.6. The van der Waals surface area contributed by atoms with E-state index in [9.17, 15) is 9.59 Å². The topological polar surface area (TPSA) is 88.7 Å². The number of hydrazine groups is 1. The molecule has 2 amide bonds. The van der Waals surface area contributed by atoms with Crippen LogP contribution in [0.4, 0.5) is 0 Å². The van der Waals surface area contributed by atoms with Gasteiger partial charge in [0.1, 0.15) is 11.5 Å². The van der Waals surface area contributed by atoms with E-state index in [2.05, 4.69) is 39.0 Å². The average molecular weight is 480 g/mol. The fourth-order valence-electron chi connectivity index (χ4n) is 2.24. The Hall–Kier alpha value is -2.65. The zero-order valence-electron chi connectivity index (χ0n) is 16.1. The highest BCUT2D eigenvalue weighted by Crippen LogP contribution is 2.26. The van der Waals surface area contributed by atoms with Gasteiger partial charge in [0.25, 0.3) is 11.8 Å². The monoisotopic (exact) mass is 479 g/mol. The van der Waals surface area contributed by atoms with E-state index in [-0.39, 0.29) is 18.3 Å². The van der Waals surface area contributed by atoms with Gasteiger partial charge in [-0.15, -0.1) is 0 Å². The minimum Gasteiger partial charge on any atom is -0.484 e. The number of halogens is 1. The minimum absolute atomic E-state index is 0.0529. The van der Waals surface area contributed by atoms with Crippen molar-refractivity contribution in [1.29, 1.82) is 0 Å². The van der Waals surface area contributed by atoms with E-state index >= 15 is 0 Å². The lowest BCUT2D eigenvalue weighted by atomic mass is 10.2. The predicted molar refractivity (Wildman–Crippen MR) is 118 cm³/mol. The normalized spacial score (nSPS) is 10.0. The summed E-state index contributed by atoms with van der Waals surface area (Å²) in [6.07, 6.45) is 0.904. The van der Waals surface area contributed by atoms with Crippen LogP contribution in [-0.2, 0) is 16.0 Å². The van der Waals surface area contributed by atoms with E-state index in [0.717, 1.165) is 22.0 Å². The zero-order chi connectivity index (χ0) is 21.2. The first-order chi connectivity index (χ1) is 13.9. The molecule has 0 saturated heterocycles. The van der Waals surface area contributed by atoms with Gasteiger partial charge in [-0.05, 0) is 76.9 Å². The maximum absolute atomic E-state index is 11.9. The van der Waals surface area contributed by atoms with Gasteiger partial charge >= 0.3 is 0 Å². The Balaban J connectivity index is 1.67. The Bertz CT molecular complexity index is 892. The lowest BCUT2D eigenvalue weighted by molar-refractivity contribution is -0.124. The number of carbonyl (C=O) groups excluding carboxylic acids is 2. The van der Waals surface area contributed by atoms with Crippen molar-refractivity contribution in [3.63, 3.8) is 0 Å². The van der Waals surface area contributed by atoms with E-state index < -0.39 is 11.8 Å². The first-order valence-corrected chi connectivity index (χ1v) is 10.1. The highest BCUT2D eigenvalue weighted by atomic mass is 79.9. The van der Waals surface area contributed by atoms with Gasteiger partial charge in [0.05, 0.1) is 4.47 Å². The third-order valence-corrected chi connectivity index (χ3v) is 4.52. The lowest BCUT2D eigenvalue weighted by Crippen LogP contribution is -2.50. The van der Waals surface area contributed by atoms with E-state index in [0.29, 0.717) is 11.5 Å². The van der Waals surface area contributed by atoms with E-state index in [1.54, 1.807) is 12.1 Å². The summed E-state index contributed by atoms with van der Waals surface area (Å²) in [4.78, 5) is 23.7. The Kier molecular flexibility index (Phi) is 8.88. The Morgan fingerprint density at radius 2 is 1.79 bits per heavy atom. The molecule has 3 N–H and O–H groups in total. The molecule has 2 aromatic rings. The summed E-state index contributed by atoms with van der Waals surface area (Å²) in [7, 11) is 0. The molecule has 9 heteroatoms. The smallest absolute Gasteiger partial charge is 0.276 e. The molecule has 0 aliphatic rings. The molecule has 2 aromatic carbocycles. The molecule has 0 bridgehead atoms. The average Bonchev–Trinajstić information content (AvgIpc) is 2.69. The van der Waals surface area contributed by atoms with Crippen molar-refractivity contribution in [1.82, 2.24) is 16.2 Å². The second kappa shape index (κ2) is 11.4. The van der Waals surface area contributed by atoms with Crippen molar-refractivity contribution in [2.24, 2.45) is 0 Å². The van der Waals surface area contributed by atoms with Crippen molar-refractivity contribution in [2.45, 2.75) is 20.3 Å². The van der Waals surface area contributed by atoms with Gasteiger partial charge in [-0.1, -0.05) is 25.1 Å². The molecular weight excluding hydrogens is 458 g/mol. The molecule has 0 aliphatic carbocycles. The third kappa shape index (κ3) is 8.08. The van der Waals surface area contributed by atoms with Gasteiger partial charge in [-0.2, -0.15) is 0 Å². The molecule has 0 aromatic heterocycles. The lowest BCUT2D eigenvalue weighted by Gasteiger charge is -2.12. The highest BCUT2D eigenvalue weighted by Gasteiger charge is 2.09. The summed E-state index contributed by atoms with van der Waals surface area (Å²) < 4.78 is 11.6. The number of aryl methyl sites for hydroxylation is 2. The third-order valence-electron chi connectivity index (χ3n) is 3.69. The summed E-state index contributed by atoms with van der Waals surface area (Å²) in [6.45, 7) is 3.56. The molecule has 2 rings (SSSR count). The van der Waals surface area contributed by atoms with Crippen LogP contribution >= 0.6 is 28.1 Å². The number of benzene rings is 2. The number of amides is 2.